The van der Waals surface area contributed by atoms with Gasteiger partial charge in [0.1, 0.15) is 0 Å². The van der Waals surface area contributed by atoms with E-state index in [1.54, 1.807) is 6.08 Å². The summed E-state index contributed by atoms with van der Waals surface area (Å²) in [5.74, 6) is 0.0877. The Labute approximate surface area is 141 Å². The number of nitrogens with zero attached hydrogens (tertiary/aromatic N) is 1. The van der Waals surface area contributed by atoms with Crippen molar-refractivity contribution in [3.8, 4) is 0 Å². The lowest BCUT2D eigenvalue weighted by Gasteiger charge is -2.30. The lowest BCUT2D eigenvalue weighted by atomic mass is 9.93. The lowest BCUT2D eigenvalue weighted by Crippen LogP contribution is -2.38. The maximum absolute atomic E-state index is 12.4. The zero-order valence-corrected chi connectivity index (χ0v) is 13.7. The molecule has 1 saturated heterocycles. The minimum atomic E-state index is -0.254. The summed E-state index contributed by atoms with van der Waals surface area (Å²) in [5, 5.41) is 2.31. The van der Waals surface area contributed by atoms with Gasteiger partial charge in [0.15, 0.2) is 0 Å². The number of amides is 2. The number of hydrogen-bond donors (Lipinski definition) is 1. The van der Waals surface area contributed by atoms with Gasteiger partial charge in [-0.1, -0.05) is 42.5 Å². The summed E-state index contributed by atoms with van der Waals surface area (Å²) >= 11 is 0. The highest BCUT2D eigenvalue weighted by Crippen LogP contribution is 2.22. The third-order valence-corrected chi connectivity index (χ3v) is 4.64. The number of carbonyl (C=O) groups is 2. The standard InChI is InChI=1S/C20H22N2O2/c21-19(23)14-15-10-12-22(13-11-15)20(24)9-8-17-6-3-5-16-4-1-2-7-18(16)17/h1-9,15H,10-14H2,(H2,21,23)/b9-8+. The molecule has 24 heavy (non-hydrogen) atoms. The van der Waals surface area contributed by atoms with E-state index in [1.165, 1.54) is 5.39 Å². The number of benzene rings is 2. The number of rotatable bonds is 4. The first kappa shape index (κ1) is 16.2. The maximum Gasteiger partial charge on any atom is 0.246 e. The van der Waals surface area contributed by atoms with Crippen LogP contribution < -0.4 is 5.73 Å². The fraction of sp³-hybridized carbons (Fsp3) is 0.300. The summed E-state index contributed by atoms with van der Waals surface area (Å²) < 4.78 is 0. The Kier molecular flexibility index (Phi) is 4.94. The van der Waals surface area contributed by atoms with Gasteiger partial charge in [-0.05, 0) is 41.2 Å². The minimum absolute atomic E-state index is 0.0282. The van der Waals surface area contributed by atoms with Crippen molar-refractivity contribution in [1.29, 1.82) is 0 Å². The van der Waals surface area contributed by atoms with E-state index in [4.69, 9.17) is 5.73 Å². The van der Waals surface area contributed by atoms with Gasteiger partial charge in [-0.2, -0.15) is 0 Å². The van der Waals surface area contributed by atoms with Crippen molar-refractivity contribution in [1.82, 2.24) is 4.90 Å². The number of primary amides is 1. The minimum Gasteiger partial charge on any atom is -0.370 e. The average molecular weight is 322 g/mol. The molecule has 2 amide bonds. The van der Waals surface area contributed by atoms with Crippen molar-refractivity contribution in [3.63, 3.8) is 0 Å². The zero-order valence-electron chi connectivity index (χ0n) is 13.7. The number of fused-ring (bicyclic) bond motifs is 1. The van der Waals surface area contributed by atoms with Crippen molar-refractivity contribution in [2.75, 3.05) is 13.1 Å². The molecule has 2 N–H and O–H groups in total. The van der Waals surface area contributed by atoms with E-state index >= 15 is 0 Å². The van der Waals surface area contributed by atoms with Gasteiger partial charge in [0.05, 0.1) is 0 Å². The SMILES string of the molecule is NC(=O)CC1CCN(C(=O)/C=C/c2cccc3ccccc23)CC1. The summed E-state index contributed by atoms with van der Waals surface area (Å²) in [6, 6.07) is 14.2. The summed E-state index contributed by atoms with van der Waals surface area (Å²) in [4.78, 5) is 25.2. The molecule has 4 heteroatoms. The molecule has 1 fully saturated rings. The molecular formula is C20H22N2O2. The predicted octanol–water partition coefficient (Wildman–Crippen LogP) is 2.97. The molecule has 0 atom stereocenters. The summed E-state index contributed by atoms with van der Waals surface area (Å²) in [7, 11) is 0. The molecule has 0 aromatic heterocycles. The van der Waals surface area contributed by atoms with Crippen molar-refractivity contribution < 1.29 is 9.59 Å². The Bertz CT molecular complexity index is 769. The van der Waals surface area contributed by atoms with Crippen molar-refractivity contribution in [2.45, 2.75) is 19.3 Å². The fourth-order valence-electron chi connectivity index (χ4n) is 3.30. The number of carbonyl (C=O) groups excluding carboxylic acids is 2. The van der Waals surface area contributed by atoms with Gasteiger partial charge in [0.25, 0.3) is 0 Å². The Hall–Kier alpha value is -2.62. The van der Waals surface area contributed by atoms with Crippen LogP contribution in [-0.2, 0) is 9.59 Å². The number of likely N-dealkylation sites (tertiary alicyclic amines) is 1. The van der Waals surface area contributed by atoms with Crippen LogP contribution in [0.4, 0.5) is 0 Å². The third kappa shape index (κ3) is 3.82. The summed E-state index contributed by atoms with van der Waals surface area (Å²) in [6.45, 7) is 1.38. The molecule has 0 saturated carbocycles. The van der Waals surface area contributed by atoms with Gasteiger partial charge in [0.2, 0.25) is 11.8 Å². The largest absolute Gasteiger partial charge is 0.370 e. The van der Waals surface area contributed by atoms with Crippen LogP contribution in [0.25, 0.3) is 16.8 Å². The molecule has 1 aliphatic heterocycles. The molecule has 2 aromatic rings. The Morgan fingerprint density at radius 3 is 2.54 bits per heavy atom. The van der Waals surface area contributed by atoms with Crippen LogP contribution in [0, 0.1) is 5.92 Å². The van der Waals surface area contributed by atoms with Crippen molar-refractivity contribution >= 4 is 28.7 Å². The van der Waals surface area contributed by atoms with Crippen LogP contribution >= 0.6 is 0 Å². The smallest absolute Gasteiger partial charge is 0.246 e. The topological polar surface area (TPSA) is 63.4 Å². The lowest BCUT2D eigenvalue weighted by molar-refractivity contribution is -0.127. The van der Waals surface area contributed by atoms with Crippen molar-refractivity contribution in [2.24, 2.45) is 11.7 Å². The van der Waals surface area contributed by atoms with E-state index < -0.39 is 0 Å². The number of piperidine rings is 1. The van der Waals surface area contributed by atoms with Crippen LogP contribution in [0.1, 0.15) is 24.8 Å². The van der Waals surface area contributed by atoms with Gasteiger partial charge in [0, 0.05) is 25.6 Å². The van der Waals surface area contributed by atoms with Crippen molar-refractivity contribution in [3.05, 3.63) is 54.1 Å². The van der Waals surface area contributed by atoms with Gasteiger partial charge in [-0.15, -0.1) is 0 Å². The normalized spacial score (nSPS) is 15.9. The second-order valence-corrected chi connectivity index (χ2v) is 6.34. The monoisotopic (exact) mass is 322 g/mol. The molecule has 124 valence electrons. The molecular weight excluding hydrogens is 300 g/mol. The molecule has 0 radical (unpaired) electrons. The number of hydrogen-bond acceptors (Lipinski definition) is 2. The third-order valence-electron chi connectivity index (χ3n) is 4.64. The van der Waals surface area contributed by atoms with Crippen LogP contribution in [0.3, 0.4) is 0 Å². The molecule has 0 spiro atoms. The van der Waals surface area contributed by atoms with Gasteiger partial charge in [-0.3, -0.25) is 9.59 Å². The second-order valence-electron chi connectivity index (χ2n) is 6.34. The fourth-order valence-corrected chi connectivity index (χ4v) is 3.30. The predicted molar refractivity (Wildman–Crippen MR) is 96.1 cm³/mol. The first-order chi connectivity index (χ1) is 11.6. The first-order valence-corrected chi connectivity index (χ1v) is 8.36. The van der Waals surface area contributed by atoms with E-state index in [-0.39, 0.29) is 11.8 Å². The molecule has 3 rings (SSSR count). The van der Waals surface area contributed by atoms with E-state index in [0.29, 0.717) is 25.4 Å². The molecule has 4 nitrogen and oxygen atoms in total. The van der Waals surface area contributed by atoms with E-state index in [0.717, 1.165) is 23.8 Å². The quantitative estimate of drug-likeness (QED) is 0.880. The Balaban J connectivity index is 1.64. The van der Waals surface area contributed by atoms with Gasteiger partial charge >= 0.3 is 0 Å². The van der Waals surface area contributed by atoms with Gasteiger partial charge < -0.3 is 10.6 Å². The van der Waals surface area contributed by atoms with Crippen LogP contribution in [0.5, 0.6) is 0 Å². The Morgan fingerprint density at radius 2 is 1.79 bits per heavy atom. The second kappa shape index (κ2) is 7.30. The molecule has 0 unspecified atom stereocenters. The van der Waals surface area contributed by atoms with E-state index in [1.807, 2.05) is 35.2 Å². The summed E-state index contributed by atoms with van der Waals surface area (Å²) in [5.41, 5.74) is 6.29. The highest BCUT2D eigenvalue weighted by molar-refractivity contribution is 5.96. The first-order valence-electron chi connectivity index (χ1n) is 8.36. The summed E-state index contributed by atoms with van der Waals surface area (Å²) in [6.07, 6.45) is 5.65. The van der Waals surface area contributed by atoms with E-state index in [2.05, 4.69) is 18.2 Å². The average Bonchev–Trinajstić information content (AvgIpc) is 2.59. The van der Waals surface area contributed by atoms with Crippen LogP contribution in [0.15, 0.2) is 48.5 Å². The highest BCUT2D eigenvalue weighted by atomic mass is 16.2. The van der Waals surface area contributed by atoms with Gasteiger partial charge in [-0.25, -0.2) is 0 Å². The zero-order chi connectivity index (χ0) is 16.9. The molecule has 0 bridgehead atoms. The number of nitrogens with two attached hydrogens (primary N) is 1. The molecule has 1 heterocycles. The van der Waals surface area contributed by atoms with Crippen LogP contribution in [0.2, 0.25) is 0 Å². The highest BCUT2D eigenvalue weighted by Gasteiger charge is 2.22. The molecule has 1 aliphatic rings. The maximum atomic E-state index is 12.4. The van der Waals surface area contributed by atoms with E-state index in [9.17, 15) is 9.59 Å². The molecule has 2 aromatic carbocycles. The Morgan fingerprint density at radius 1 is 1.08 bits per heavy atom. The molecule has 0 aliphatic carbocycles. The van der Waals surface area contributed by atoms with Crippen LogP contribution in [-0.4, -0.2) is 29.8 Å².